The normalized spacial score (nSPS) is 19.7. The molecule has 2 aromatic carbocycles. The number of aromatic hydroxyl groups is 3. The molecule has 35 heavy (non-hydrogen) atoms. The van der Waals surface area contributed by atoms with E-state index in [9.17, 15) is 39.2 Å². The maximum atomic E-state index is 13.6. The summed E-state index contributed by atoms with van der Waals surface area (Å²) >= 11 is 0. The Labute approximate surface area is 197 Å². The quantitative estimate of drug-likeness (QED) is 0.416. The van der Waals surface area contributed by atoms with E-state index in [1.54, 1.807) is 0 Å². The highest BCUT2D eigenvalue weighted by atomic mass is 19.1. The van der Waals surface area contributed by atoms with Gasteiger partial charge in [-0.25, -0.2) is 9.38 Å². The fourth-order valence-electron chi connectivity index (χ4n) is 3.76. The number of allylic oxidation sites excluding steroid dienone is 2. The van der Waals surface area contributed by atoms with Gasteiger partial charge in [0.1, 0.15) is 34.5 Å². The van der Waals surface area contributed by atoms with Crippen LogP contribution >= 0.6 is 0 Å². The number of phenols is 3. The molecule has 2 aliphatic rings. The van der Waals surface area contributed by atoms with Crippen LogP contribution in [0.2, 0.25) is 0 Å². The lowest BCUT2D eigenvalue weighted by Gasteiger charge is -2.22. The molecule has 10 nitrogen and oxygen atoms in total. The van der Waals surface area contributed by atoms with E-state index in [4.69, 9.17) is 4.74 Å². The van der Waals surface area contributed by atoms with Crippen molar-refractivity contribution in [1.29, 1.82) is 0 Å². The molecule has 0 saturated heterocycles. The topological polar surface area (TPSA) is 166 Å². The Hall–Kier alpha value is -4.51. The fourth-order valence-corrected chi connectivity index (χ4v) is 3.76. The largest absolute Gasteiger partial charge is 0.507 e. The molecule has 4 rings (SSSR count). The Kier molecular flexibility index (Phi) is 5.25. The average molecular weight is 482 g/mol. The third kappa shape index (κ3) is 3.62. The Morgan fingerprint density at radius 1 is 1.14 bits per heavy atom. The highest BCUT2D eigenvalue weighted by molar-refractivity contribution is 6.32. The third-order valence-corrected chi connectivity index (χ3v) is 5.52. The number of nitrogens with zero attached hydrogens (tertiary/aromatic N) is 1. The van der Waals surface area contributed by atoms with Gasteiger partial charge in [0.05, 0.1) is 22.5 Å². The van der Waals surface area contributed by atoms with Crippen molar-refractivity contribution in [3.05, 3.63) is 64.1 Å². The summed E-state index contributed by atoms with van der Waals surface area (Å²) in [7, 11) is 0. The zero-order valence-electron chi connectivity index (χ0n) is 18.7. The number of Topliss-reactive ketones (excluding diaryl/α,β-unsaturated/α-hetero) is 2. The molecule has 0 radical (unpaired) electrons. The molecule has 0 saturated carbocycles. The molecule has 0 bridgehead atoms. The van der Waals surface area contributed by atoms with Gasteiger partial charge in [-0.1, -0.05) is 6.58 Å². The first-order chi connectivity index (χ1) is 16.2. The summed E-state index contributed by atoms with van der Waals surface area (Å²) in [6.07, 6.45) is 1.04. The number of nitrogens with one attached hydrogen (secondary N) is 1. The van der Waals surface area contributed by atoms with Crippen molar-refractivity contribution in [1.82, 2.24) is 5.32 Å². The first kappa shape index (κ1) is 23.6. The second-order valence-corrected chi connectivity index (χ2v) is 8.25. The van der Waals surface area contributed by atoms with Gasteiger partial charge in [0.15, 0.2) is 0 Å². The molecule has 180 valence electrons. The van der Waals surface area contributed by atoms with Crippen molar-refractivity contribution in [2.75, 3.05) is 0 Å². The number of fused-ring (bicyclic) bond motifs is 3. The van der Waals surface area contributed by atoms with Crippen LogP contribution < -0.4 is 10.1 Å². The van der Waals surface area contributed by atoms with E-state index >= 15 is 0 Å². The Morgan fingerprint density at radius 2 is 1.74 bits per heavy atom. The molecule has 11 heteroatoms. The molecule has 2 aromatic rings. The van der Waals surface area contributed by atoms with Crippen LogP contribution in [0.25, 0.3) is 0 Å². The lowest BCUT2D eigenvalue weighted by Crippen LogP contribution is -2.36. The van der Waals surface area contributed by atoms with Crippen molar-refractivity contribution in [2.24, 2.45) is 4.99 Å². The zero-order chi connectivity index (χ0) is 26.0. The SMILES string of the molecule is C=C(C)C(=O)NC1=C/C(=N\c2c(O)cc(F)cc2O)c2c(c(O)c(C)c3c2C(=O)[C@@](C)(O)O3)C1=O. The van der Waals surface area contributed by atoms with Crippen molar-refractivity contribution < 1.29 is 43.9 Å². The van der Waals surface area contributed by atoms with E-state index in [2.05, 4.69) is 16.9 Å². The minimum Gasteiger partial charge on any atom is -0.507 e. The van der Waals surface area contributed by atoms with Crippen LogP contribution in [0.4, 0.5) is 10.1 Å². The Balaban J connectivity index is 2.09. The summed E-state index contributed by atoms with van der Waals surface area (Å²) in [4.78, 5) is 42.6. The van der Waals surface area contributed by atoms with Gasteiger partial charge in [0.25, 0.3) is 11.7 Å². The van der Waals surface area contributed by atoms with Gasteiger partial charge in [-0.2, -0.15) is 0 Å². The van der Waals surface area contributed by atoms with Crippen molar-refractivity contribution >= 4 is 28.9 Å². The summed E-state index contributed by atoms with van der Waals surface area (Å²) < 4.78 is 18.9. The van der Waals surface area contributed by atoms with E-state index in [0.29, 0.717) is 12.1 Å². The van der Waals surface area contributed by atoms with E-state index in [1.807, 2.05) is 0 Å². The van der Waals surface area contributed by atoms with E-state index in [-0.39, 0.29) is 39.4 Å². The molecule has 1 atom stereocenters. The highest BCUT2D eigenvalue weighted by Crippen LogP contribution is 2.48. The first-order valence-corrected chi connectivity index (χ1v) is 10.1. The molecule has 0 fully saturated rings. The number of phenolic OH excluding ortho intramolecular Hbond substituents is 3. The van der Waals surface area contributed by atoms with Crippen LogP contribution in [0, 0.1) is 12.7 Å². The van der Waals surface area contributed by atoms with Gasteiger partial charge in [-0.3, -0.25) is 14.4 Å². The number of hydrogen-bond acceptors (Lipinski definition) is 9. The lowest BCUT2D eigenvalue weighted by atomic mass is 9.83. The van der Waals surface area contributed by atoms with Crippen LogP contribution in [0.5, 0.6) is 23.0 Å². The number of halogens is 1. The molecule has 5 N–H and O–H groups in total. The average Bonchev–Trinajstić information content (AvgIpc) is 2.99. The van der Waals surface area contributed by atoms with Crippen LogP contribution in [0.15, 0.2) is 41.1 Å². The third-order valence-electron chi connectivity index (χ3n) is 5.52. The molecule has 0 unspecified atom stereocenters. The molecule has 0 aromatic heterocycles. The minimum atomic E-state index is -2.32. The number of ether oxygens (including phenoxy) is 1. The molecule has 0 spiro atoms. The molecule has 1 heterocycles. The summed E-state index contributed by atoms with van der Waals surface area (Å²) in [6, 6.07) is 1.36. The highest BCUT2D eigenvalue weighted by Gasteiger charge is 2.48. The molecule has 1 amide bonds. The summed E-state index contributed by atoms with van der Waals surface area (Å²) in [5.41, 5.74) is -2.12. The van der Waals surface area contributed by atoms with Crippen molar-refractivity contribution in [3.8, 4) is 23.0 Å². The Morgan fingerprint density at radius 3 is 2.31 bits per heavy atom. The van der Waals surface area contributed by atoms with Gasteiger partial charge in [-0.05, 0) is 19.9 Å². The molecular formula is C24H19FN2O8. The van der Waals surface area contributed by atoms with Gasteiger partial charge in [-0.15, -0.1) is 0 Å². The minimum absolute atomic E-state index is 0.0301. The summed E-state index contributed by atoms with van der Waals surface area (Å²) in [5.74, 6) is -8.17. The monoisotopic (exact) mass is 482 g/mol. The van der Waals surface area contributed by atoms with Gasteiger partial charge >= 0.3 is 0 Å². The van der Waals surface area contributed by atoms with Gasteiger partial charge in [0.2, 0.25) is 11.6 Å². The number of carbonyl (C=O) groups excluding carboxylic acids is 3. The lowest BCUT2D eigenvalue weighted by molar-refractivity contribution is -0.116. The molecular weight excluding hydrogens is 463 g/mol. The number of amides is 1. The second-order valence-electron chi connectivity index (χ2n) is 8.25. The van der Waals surface area contributed by atoms with E-state index < -0.39 is 57.6 Å². The predicted octanol–water partition coefficient (Wildman–Crippen LogP) is 2.43. The number of hydrogen-bond donors (Lipinski definition) is 5. The summed E-state index contributed by atoms with van der Waals surface area (Å²) in [6.45, 7) is 7.32. The number of ketones is 2. The van der Waals surface area contributed by atoms with E-state index in [1.165, 1.54) is 13.8 Å². The van der Waals surface area contributed by atoms with E-state index in [0.717, 1.165) is 13.0 Å². The van der Waals surface area contributed by atoms with Crippen molar-refractivity contribution in [2.45, 2.75) is 26.6 Å². The zero-order valence-corrected chi connectivity index (χ0v) is 18.7. The number of aliphatic imine (C=N–C) groups is 1. The predicted molar refractivity (Wildman–Crippen MR) is 120 cm³/mol. The Bertz CT molecular complexity index is 1430. The number of benzene rings is 2. The number of rotatable bonds is 3. The van der Waals surface area contributed by atoms with Crippen LogP contribution in [0.3, 0.4) is 0 Å². The maximum Gasteiger partial charge on any atom is 0.270 e. The van der Waals surface area contributed by atoms with Crippen LogP contribution in [0.1, 0.15) is 45.7 Å². The standard InChI is InChI=1S/C24H19FN2O8/c1-8(2)23(33)27-12-7-11(26-18-13(28)5-10(25)6-14(18)29)15-16(20(12)31)19(30)9(3)21-17(15)22(32)24(4,34)35-21/h5-7,28-30,34H,1H2,2-4H3,(H,27,33)/b26-11+/t24-/m0/s1. The second kappa shape index (κ2) is 7.77. The number of carbonyl (C=O) groups is 3. The first-order valence-electron chi connectivity index (χ1n) is 10.1. The summed E-state index contributed by atoms with van der Waals surface area (Å²) in [5, 5.41) is 43.9. The smallest absolute Gasteiger partial charge is 0.270 e. The van der Waals surface area contributed by atoms with Crippen LogP contribution in [-0.2, 0) is 4.79 Å². The number of aliphatic hydroxyl groups is 1. The fraction of sp³-hybridized carbons (Fsp3) is 0.167. The van der Waals surface area contributed by atoms with Crippen LogP contribution in [-0.4, -0.2) is 49.4 Å². The van der Waals surface area contributed by atoms with Crippen molar-refractivity contribution in [3.63, 3.8) is 0 Å². The molecule has 1 aliphatic carbocycles. The van der Waals surface area contributed by atoms with Gasteiger partial charge < -0.3 is 30.5 Å². The van der Waals surface area contributed by atoms with Gasteiger partial charge in [0, 0.05) is 35.8 Å². The maximum absolute atomic E-state index is 13.6. The molecule has 1 aliphatic heterocycles.